The first-order chi connectivity index (χ1) is 19.2. The maximum absolute atomic E-state index is 13.3. The van der Waals surface area contributed by atoms with Gasteiger partial charge in [0.15, 0.2) is 0 Å². The zero-order valence-corrected chi connectivity index (χ0v) is 24.8. The summed E-state index contributed by atoms with van der Waals surface area (Å²) in [6.07, 6.45) is 3.83. The fourth-order valence-corrected chi connectivity index (χ4v) is 7.80. The molecule has 2 aliphatic carbocycles. The first kappa shape index (κ1) is 28.4. The minimum absolute atomic E-state index is 0.00842. The number of epoxide rings is 2. The summed E-state index contributed by atoms with van der Waals surface area (Å²) in [5.74, 6) is 0.720. The van der Waals surface area contributed by atoms with Gasteiger partial charge in [-0.25, -0.2) is 4.79 Å². The summed E-state index contributed by atoms with van der Waals surface area (Å²) in [6.45, 7) is 13.2. The highest BCUT2D eigenvalue weighted by Crippen LogP contribution is 2.60. The van der Waals surface area contributed by atoms with Gasteiger partial charge in [0.1, 0.15) is 23.4 Å². The number of methoxy groups -OCH3 is 1. The number of ether oxygens (including phenoxy) is 5. The molecule has 9 atom stereocenters. The SMILES string of the molecule is CO[C@H]1C([C@@]2(C)O[C@@H]2CC=C(C)C)[C@]2(CC[C@H]1OC(=O)N1C[C@@H]3C(C(=O)N(C)CCN4CCOCC4)[C@@H]3C1)CO2. The Bertz CT molecular complexity index is 995. The van der Waals surface area contributed by atoms with E-state index in [0.29, 0.717) is 26.1 Å². The maximum Gasteiger partial charge on any atom is 0.410 e. The van der Waals surface area contributed by atoms with Crippen LogP contribution < -0.4 is 0 Å². The zero-order valence-electron chi connectivity index (χ0n) is 24.8. The molecule has 2 saturated carbocycles. The molecule has 0 aromatic carbocycles. The molecule has 0 aromatic rings. The molecule has 224 valence electrons. The van der Waals surface area contributed by atoms with Gasteiger partial charge in [-0.3, -0.25) is 9.69 Å². The second-order valence-electron chi connectivity index (χ2n) is 13.3. The van der Waals surface area contributed by atoms with E-state index in [4.69, 9.17) is 23.7 Å². The van der Waals surface area contributed by atoms with Gasteiger partial charge in [0.2, 0.25) is 5.91 Å². The lowest BCUT2D eigenvalue weighted by Crippen LogP contribution is -2.56. The smallest absolute Gasteiger partial charge is 0.410 e. The maximum atomic E-state index is 13.3. The minimum atomic E-state index is -0.356. The van der Waals surface area contributed by atoms with Crippen molar-refractivity contribution in [2.24, 2.45) is 23.7 Å². The van der Waals surface area contributed by atoms with Crippen molar-refractivity contribution >= 4 is 12.0 Å². The Morgan fingerprint density at radius 1 is 1.15 bits per heavy atom. The zero-order chi connectivity index (χ0) is 28.2. The molecular formula is C30H47N3O7. The second kappa shape index (κ2) is 10.8. The van der Waals surface area contributed by atoms with E-state index in [1.54, 1.807) is 12.0 Å². The van der Waals surface area contributed by atoms with Crippen molar-refractivity contribution in [3.63, 3.8) is 0 Å². The molecular weight excluding hydrogens is 514 g/mol. The summed E-state index contributed by atoms with van der Waals surface area (Å²) in [5, 5.41) is 0. The number of fused-ring (bicyclic) bond motifs is 1. The van der Waals surface area contributed by atoms with Gasteiger partial charge in [0.05, 0.1) is 31.8 Å². The van der Waals surface area contributed by atoms with Gasteiger partial charge in [0, 0.05) is 59.3 Å². The third kappa shape index (κ3) is 5.30. The van der Waals surface area contributed by atoms with Gasteiger partial charge in [-0.05, 0) is 51.9 Å². The predicted molar refractivity (Wildman–Crippen MR) is 147 cm³/mol. The van der Waals surface area contributed by atoms with E-state index in [1.807, 2.05) is 11.9 Å². The van der Waals surface area contributed by atoms with Crippen LogP contribution in [0.4, 0.5) is 4.79 Å². The molecule has 4 saturated heterocycles. The number of allylic oxidation sites excluding steroid dienone is 1. The van der Waals surface area contributed by atoms with Crippen molar-refractivity contribution in [1.82, 2.24) is 14.7 Å². The first-order valence-electron chi connectivity index (χ1n) is 15.2. The average molecular weight is 562 g/mol. The molecule has 0 N–H and O–H groups in total. The summed E-state index contributed by atoms with van der Waals surface area (Å²) in [5.41, 5.74) is 0.681. The predicted octanol–water partition coefficient (Wildman–Crippen LogP) is 2.17. The number of carbonyl (C=O) groups is 2. The molecule has 1 spiro atoms. The standard InChI is InChI=1S/C30H47N3O7/c1-19(2)6-7-23-29(3,40-23)26-25(36-5)22(8-9-30(26)18-38-30)39-28(35)33-16-20-21(17-33)24(20)27(34)31(4)10-11-32-12-14-37-15-13-32/h6,20-26H,7-18H2,1-5H3/t20-,21+,22-,23-,24?,25-,26?,29+,30+/m1/s1. The van der Waals surface area contributed by atoms with E-state index in [1.165, 1.54) is 5.57 Å². The van der Waals surface area contributed by atoms with E-state index in [-0.39, 0.29) is 65.2 Å². The molecule has 4 aliphatic heterocycles. The van der Waals surface area contributed by atoms with E-state index in [2.05, 4.69) is 31.7 Å². The summed E-state index contributed by atoms with van der Waals surface area (Å²) in [6, 6.07) is 0. The molecule has 10 heteroatoms. The van der Waals surface area contributed by atoms with Gasteiger partial charge in [-0.2, -0.15) is 0 Å². The highest BCUT2D eigenvalue weighted by atomic mass is 16.6. The third-order valence-electron chi connectivity index (χ3n) is 10.5. The summed E-state index contributed by atoms with van der Waals surface area (Å²) >= 11 is 0. The summed E-state index contributed by atoms with van der Waals surface area (Å²) in [4.78, 5) is 32.4. The lowest BCUT2D eigenvalue weighted by atomic mass is 9.68. The monoisotopic (exact) mass is 561 g/mol. The Kier molecular flexibility index (Phi) is 7.70. The van der Waals surface area contributed by atoms with Gasteiger partial charge in [-0.15, -0.1) is 0 Å². The Labute approximate surface area is 238 Å². The van der Waals surface area contributed by atoms with Crippen LogP contribution in [0, 0.1) is 23.7 Å². The molecule has 6 aliphatic rings. The van der Waals surface area contributed by atoms with Crippen LogP contribution in [0.15, 0.2) is 11.6 Å². The van der Waals surface area contributed by atoms with Crippen molar-refractivity contribution in [2.45, 2.75) is 69.5 Å². The number of likely N-dealkylation sites (tertiary alicyclic amines) is 1. The molecule has 2 amide bonds. The van der Waals surface area contributed by atoms with Crippen LogP contribution >= 0.6 is 0 Å². The van der Waals surface area contributed by atoms with Crippen molar-refractivity contribution in [2.75, 3.05) is 73.2 Å². The third-order valence-corrected chi connectivity index (χ3v) is 10.5. The Hall–Kier alpha value is -1.72. The van der Waals surface area contributed by atoms with Crippen molar-refractivity contribution < 1.29 is 33.3 Å². The van der Waals surface area contributed by atoms with Gasteiger partial charge < -0.3 is 33.5 Å². The number of piperidine rings is 1. The molecule has 6 rings (SSSR count). The fourth-order valence-electron chi connectivity index (χ4n) is 7.80. The van der Waals surface area contributed by atoms with Crippen molar-refractivity contribution in [3.8, 4) is 0 Å². The summed E-state index contributed by atoms with van der Waals surface area (Å²) in [7, 11) is 3.60. The molecule has 2 unspecified atom stereocenters. The Morgan fingerprint density at radius 2 is 1.85 bits per heavy atom. The number of hydrogen-bond donors (Lipinski definition) is 0. The van der Waals surface area contributed by atoms with Crippen LogP contribution in [-0.2, 0) is 28.5 Å². The van der Waals surface area contributed by atoms with Crippen LogP contribution in [0.5, 0.6) is 0 Å². The van der Waals surface area contributed by atoms with Crippen LogP contribution in [0.3, 0.4) is 0 Å². The number of morpholine rings is 1. The van der Waals surface area contributed by atoms with Crippen molar-refractivity contribution in [1.29, 1.82) is 0 Å². The average Bonchev–Trinajstić information content (AvgIpc) is 3.91. The molecule has 0 aromatic heterocycles. The topological polar surface area (TPSA) is 96.6 Å². The number of amides is 2. The number of rotatable bonds is 9. The second-order valence-corrected chi connectivity index (χ2v) is 13.3. The van der Waals surface area contributed by atoms with Gasteiger partial charge in [-0.1, -0.05) is 11.6 Å². The molecule has 10 nitrogen and oxygen atoms in total. The van der Waals surface area contributed by atoms with E-state index in [0.717, 1.165) is 52.2 Å². The van der Waals surface area contributed by atoms with Crippen LogP contribution in [0.1, 0.15) is 40.0 Å². The highest BCUT2D eigenvalue weighted by molar-refractivity contribution is 5.83. The van der Waals surface area contributed by atoms with E-state index >= 15 is 0 Å². The molecule has 6 fully saturated rings. The minimum Gasteiger partial charge on any atom is -0.443 e. The number of carbonyl (C=O) groups excluding carboxylic acids is 2. The molecule has 4 heterocycles. The fraction of sp³-hybridized carbons (Fsp3) is 0.867. The van der Waals surface area contributed by atoms with Crippen LogP contribution in [0.2, 0.25) is 0 Å². The lowest BCUT2D eigenvalue weighted by molar-refractivity contribution is -0.132. The normalized spacial score (nSPS) is 41.8. The molecule has 0 bridgehead atoms. The Morgan fingerprint density at radius 3 is 2.48 bits per heavy atom. The number of nitrogens with zero attached hydrogens (tertiary/aromatic N) is 3. The first-order valence-corrected chi connectivity index (χ1v) is 15.2. The number of likely N-dealkylation sites (N-methyl/N-ethyl adjacent to an activating group) is 1. The highest BCUT2D eigenvalue weighted by Gasteiger charge is 2.72. The van der Waals surface area contributed by atoms with Crippen molar-refractivity contribution in [3.05, 3.63) is 11.6 Å². The van der Waals surface area contributed by atoms with Crippen LogP contribution in [0.25, 0.3) is 0 Å². The quantitative estimate of drug-likeness (QED) is 0.312. The lowest BCUT2D eigenvalue weighted by Gasteiger charge is -2.43. The largest absolute Gasteiger partial charge is 0.443 e. The summed E-state index contributed by atoms with van der Waals surface area (Å²) < 4.78 is 29.9. The van der Waals surface area contributed by atoms with E-state index in [9.17, 15) is 9.59 Å². The Balaban J connectivity index is 1.00. The van der Waals surface area contributed by atoms with E-state index < -0.39 is 0 Å². The molecule has 40 heavy (non-hydrogen) atoms. The van der Waals surface area contributed by atoms with Crippen LogP contribution in [-0.4, -0.2) is 129 Å². The van der Waals surface area contributed by atoms with Gasteiger partial charge >= 0.3 is 6.09 Å². The molecule has 0 radical (unpaired) electrons. The van der Waals surface area contributed by atoms with Gasteiger partial charge in [0.25, 0.3) is 0 Å². The number of hydrogen-bond acceptors (Lipinski definition) is 8.